The Hall–Kier alpha value is -0.530. The number of hydrogen-bond acceptors (Lipinski definition) is 2. The summed E-state index contributed by atoms with van der Waals surface area (Å²) in [7, 11) is 0. The smallest absolute Gasteiger partial charge is 0.310 e. The lowest BCUT2D eigenvalue weighted by Gasteiger charge is -2.27. The Bertz CT molecular complexity index is 219. The fraction of sp³-hybridized carbons (Fsp3) is 0.875. The molecule has 1 fully saturated rings. The summed E-state index contributed by atoms with van der Waals surface area (Å²) in [6.45, 7) is 4.25. The molecule has 1 aliphatic rings. The molecular weight excluding hydrogens is 224 g/mol. The molecule has 2 nitrogen and oxygen atoms in total. The van der Waals surface area contributed by atoms with Crippen LogP contribution in [0.25, 0.3) is 0 Å². The predicted molar refractivity (Wildman–Crippen MR) is 75.2 cm³/mol. The van der Waals surface area contributed by atoms with Gasteiger partial charge in [-0.3, -0.25) is 4.79 Å². The third-order valence-electron chi connectivity index (χ3n) is 3.98. The molecule has 0 amide bonds. The van der Waals surface area contributed by atoms with Crippen molar-refractivity contribution < 1.29 is 9.53 Å². The van der Waals surface area contributed by atoms with Crippen molar-refractivity contribution in [2.75, 3.05) is 0 Å². The second kappa shape index (κ2) is 9.41. The van der Waals surface area contributed by atoms with Gasteiger partial charge in [-0.15, -0.1) is 0 Å². The van der Waals surface area contributed by atoms with E-state index >= 15 is 0 Å². The van der Waals surface area contributed by atoms with Crippen LogP contribution in [0, 0.1) is 12.3 Å². The summed E-state index contributed by atoms with van der Waals surface area (Å²) in [6, 6.07) is 0. The van der Waals surface area contributed by atoms with Crippen LogP contribution in [0.5, 0.6) is 0 Å². The van der Waals surface area contributed by atoms with Crippen molar-refractivity contribution in [1.29, 1.82) is 0 Å². The molecular formula is C16H29O2. The SMILES string of the molecule is CCCCCC[CH]C(=O)OC(C)C1CCCCC1. The topological polar surface area (TPSA) is 26.3 Å². The highest BCUT2D eigenvalue weighted by Gasteiger charge is 2.22. The second-order valence-corrected chi connectivity index (χ2v) is 5.59. The molecule has 0 aromatic carbocycles. The van der Waals surface area contributed by atoms with E-state index in [2.05, 4.69) is 13.8 Å². The number of carbonyl (C=O) groups is 1. The lowest BCUT2D eigenvalue weighted by molar-refractivity contribution is -0.147. The van der Waals surface area contributed by atoms with Gasteiger partial charge < -0.3 is 4.74 Å². The highest BCUT2D eigenvalue weighted by Crippen LogP contribution is 2.27. The molecule has 0 aromatic rings. The minimum absolute atomic E-state index is 0.102. The zero-order chi connectivity index (χ0) is 13.2. The molecule has 1 unspecified atom stereocenters. The summed E-state index contributed by atoms with van der Waals surface area (Å²) in [6.07, 6.45) is 13.9. The largest absolute Gasteiger partial charge is 0.462 e. The summed E-state index contributed by atoms with van der Waals surface area (Å²) in [5.41, 5.74) is 0. The van der Waals surface area contributed by atoms with Gasteiger partial charge in [-0.05, 0) is 32.1 Å². The van der Waals surface area contributed by atoms with Gasteiger partial charge in [0.25, 0.3) is 0 Å². The van der Waals surface area contributed by atoms with Crippen LogP contribution < -0.4 is 0 Å². The van der Waals surface area contributed by atoms with E-state index in [1.54, 1.807) is 6.42 Å². The highest BCUT2D eigenvalue weighted by atomic mass is 16.5. The molecule has 0 N–H and O–H groups in total. The van der Waals surface area contributed by atoms with Crippen molar-refractivity contribution in [2.45, 2.75) is 84.2 Å². The molecule has 0 aliphatic heterocycles. The van der Waals surface area contributed by atoms with E-state index in [-0.39, 0.29) is 12.1 Å². The molecule has 1 saturated carbocycles. The average Bonchev–Trinajstić information content (AvgIpc) is 2.39. The van der Waals surface area contributed by atoms with Crippen LogP contribution in [0.15, 0.2) is 0 Å². The molecule has 1 radical (unpaired) electrons. The first-order valence-corrected chi connectivity index (χ1v) is 7.78. The molecule has 1 rings (SSSR count). The van der Waals surface area contributed by atoms with Crippen LogP contribution in [0.4, 0.5) is 0 Å². The molecule has 0 spiro atoms. The van der Waals surface area contributed by atoms with E-state index in [1.807, 2.05) is 0 Å². The third kappa shape index (κ3) is 6.42. The van der Waals surface area contributed by atoms with Crippen molar-refractivity contribution in [3.63, 3.8) is 0 Å². The summed E-state index contributed by atoms with van der Waals surface area (Å²) in [5.74, 6) is 0.487. The van der Waals surface area contributed by atoms with Crippen LogP contribution in [0.3, 0.4) is 0 Å². The molecule has 0 heterocycles. The molecule has 105 valence electrons. The highest BCUT2D eigenvalue weighted by molar-refractivity contribution is 5.78. The van der Waals surface area contributed by atoms with Gasteiger partial charge in [0.2, 0.25) is 0 Å². The monoisotopic (exact) mass is 253 g/mol. The van der Waals surface area contributed by atoms with Gasteiger partial charge in [-0.2, -0.15) is 0 Å². The van der Waals surface area contributed by atoms with E-state index in [4.69, 9.17) is 4.74 Å². The maximum atomic E-state index is 11.7. The van der Waals surface area contributed by atoms with E-state index < -0.39 is 0 Å². The molecule has 0 bridgehead atoms. The lowest BCUT2D eigenvalue weighted by Crippen LogP contribution is -2.26. The quantitative estimate of drug-likeness (QED) is 0.464. The van der Waals surface area contributed by atoms with Crippen LogP contribution in [0.2, 0.25) is 0 Å². The minimum Gasteiger partial charge on any atom is -0.462 e. The van der Waals surface area contributed by atoms with Crippen molar-refractivity contribution in [2.24, 2.45) is 5.92 Å². The molecule has 18 heavy (non-hydrogen) atoms. The predicted octanol–water partition coefficient (Wildman–Crippen LogP) is 4.67. The van der Waals surface area contributed by atoms with E-state index in [9.17, 15) is 4.79 Å². The number of ether oxygens (including phenoxy) is 1. The Morgan fingerprint density at radius 3 is 2.61 bits per heavy atom. The number of hydrogen-bond donors (Lipinski definition) is 0. The fourth-order valence-electron chi connectivity index (χ4n) is 2.72. The first-order valence-electron chi connectivity index (χ1n) is 7.78. The van der Waals surface area contributed by atoms with E-state index in [0.29, 0.717) is 5.92 Å². The second-order valence-electron chi connectivity index (χ2n) is 5.59. The third-order valence-corrected chi connectivity index (χ3v) is 3.98. The minimum atomic E-state index is -0.107. The molecule has 2 heteroatoms. The molecule has 0 saturated heterocycles. The average molecular weight is 253 g/mol. The van der Waals surface area contributed by atoms with Gasteiger partial charge in [-0.1, -0.05) is 51.9 Å². The molecule has 1 atom stereocenters. The summed E-state index contributed by atoms with van der Waals surface area (Å²) < 4.78 is 5.50. The first-order chi connectivity index (χ1) is 8.74. The fourth-order valence-corrected chi connectivity index (χ4v) is 2.72. The number of esters is 1. The van der Waals surface area contributed by atoms with Gasteiger partial charge in [0.15, 0.2) is 0 Å². The Morgan fingerprint density at radius 1 is 1.22 bits per heavy atom. The van der Waals surface area contributed by atoms with Gasteiger partial charge in [-0.25, -0.2) is 0 Å². The van der Waals surface area contributed by atoms with Crippen molar-refractivity contribution >= 4 is 5.97 Å². The normalized spacial score (nSPS) is 18.6. The Morgan fingerprint density at radius 2 is 1.94 bits per heavy atom. The lowest BCUT2D eigenvalue weighted by atomic mass is 9.86. The Kier molecular flexibility index (Phi) is 8.11. The van der Waals surface area contributed by atoms with Crippen LogP contribution in [0.1, 0.15) is 78.1 Å². The van der Waals surface area contributed by atoms with Gasteiger partial charge in [0.05, 0.1) is 6.42 Å². The first kappa shape index (κ1) is 15.5. The zero-order valence-electron chi connectivity index (χ0n) is 12.1. The Balaban J connectivity index is 2.07. The van der Waals surface area contributed by atoms with Crippen molar-refractivity contribution in [3.05, 3.63) is 6.42 Å². The molecule has 0 aromatic heterocycles. The van der Waals surface area contributed by atoms with Crippen LogP contribution in [-0.2, 0) is 9.53 Å². The summed E-state index contributed by atoms with van der Waals surface area (Å²) in [4.78, 5) is 11.7. The van der Waals surface area contributed by atoms with E-state index in [1.165, 1.54) is 51.4 Å². The molecule has 1 aliphatic carbocycles. The Labute approximate surface area is 112 Å². The van der Waals surface area contributed by atoms with Gasteiger partial charge in [0.1, 0.15) is 6.10 Å². The number of unbranched alkanes of at least 4 members (excludes halogenated alkanes) is 4. The van der Waals surface area contributed by atoms with Crippen molar-refractivity contribution in [1.82, 2.24) is 0 Å². The zero-order valence-corrected chi connectivity index (χ0v) is 12.1. The van der Waals surface area contributed by atoms with Crippen LogP contribution >= 0.6 is 0 Å². The van der Waals surface area contributed by atoms with Crippen LogP contribution in [-0.4, -0.2) is 12.1 Å². The maximum absolute atomic E-state index is 11.7. The van der Waals surface area contributed by atoms with E-state index in [0.717, 1.165) is 12.8 Å². The maximum Gasteiger partial charge on any atom is 0.310 e. The summed E-state index contributed by atoms with van der Waals surface area (Å²) >= 11 is 0. The summed E-state index contributed by atoms with van der Waals surface area (Å²) in [5, 5.41) is 0. The standard InChI is InChI=1S/C16H29O2/c1-3-4-5-6-10-13-16(17)18-14(2)15-11-8-7-9-12-15/h13-15H,3-12H2,1-2H3. The van der Waals surface area contributed by atoms with Crippen molar-refractivity contribution in [3.8, 4) is 0 Å². The number of rotatable bonds is 8. The van der Waals surface area contributed by atoms with Gasteiger partial charge in [0, 0.05) is 0 Å². The number of carbonyl (C=O) groups excluding carboxylic acids is 1. The van der Waals surface area contributed by atoms with Gasteiger partial charge >= 0.3 is 5.97 Å².